The molecule has 106 valence electrons. The van der Waals surface area contributed by atoms with Gasteiger partial charge in [0.2, 0.25) is 0 Å². The normalized spacial score (nSPS) is 18.7. The van der Waals surface area contributed by atoms with Crippen molar-refractivity contribution in [3.8, 4) is 5.75 Å². The van der Waals surface area contributed by atoms with Gasteiger partial charge in [0.05, 0.1) is 20.3 Å². The molecule has 0 aliphatic carbocycles. The maximum atomic E-state index is 5.72. The van der Waals surface area contributed by atoms with Crippen molar-refractivity contribution in [1.82, 2.24) is 0 Å². The summed E-state index contributed by atoms with van der Waals surface area (Å²) in [5.74, 6) is 1.53. The zero-order chi connectivity index (χ0) is 13.9. The van der Waals surface area contributed by atoms with Gasteiger partial charge in [0.25, 0.3) is 0 Å². The minimum Gasteiger partial charge on any atom is -0.496 e. The Morgan fingerprint density at radius 3 is 2.63 bits per heavy atom. The van der Waals surface area contributed by atoms with Gasteiger partial charge in [-0.05, 0) is 42.5 Å². The van der Waals surface area contributed by atoms with Crippen LogP contribution in [0.1, 0.15) is 31.4 Å². The van der Waals surface area contributed by atoms with E-state index in [4.69, 9.17) is 15.2 Å². The SMILES string of the molecule is CCc1cc(C2(C(C)CCN)COC2)ccc1OC. The second kappa shape index (κ2) is 5.93. The highest BCUT2D eigenvalue weighted by Gasteiger charge is 2.44. The first kappa shape index (κ1) is 14.4. The highest BCUT2D eigenvalue weighted by atomic mass is 16.5. The largest absolute Gasteiger partial charge is 0.496 e. The van der Waals surface area contributed by atoms with Crippen molar-refractivity contribution in [1.29, 1.82) is 0 Å². The molecule has 19 heavy (non-hydrogen) atoms. The van der Waals surface area contributed by atoms with Crippen molar-refractivity contribution < 1.29 is 9.47 Å². The van der Waals surface area contributed by atoms with Crippen LogP contribution in [-0.2, 0) is 16.6 Å². The van der Waals surface area contributed by atoms with E-state index in [9.17, 15) is 0 Å². The number of ether oxygens (including phenoxy) is 2. The molecule has 1 heterocycles. The Morgan fingerprint density at radius 1 is 1.42 bits per heavy atom. The van der Waals surface area contributed by atoms with Crippen LogP contribution in [-0.4, -0.2) is 26.9 Å². The summed E-state index contributed by atoms with van der Waals surface area (Å²) in [4.78, 5) is 0. The fraction of sp³-hybridized carbons (Fsp3) is 0.625. The van der Waals surface area contributed by atoms with E-state index in [0.29, 0.717) is 5.92 Å². The average molecular weight is 263 g/mol. The average Bonchev–Trinajstić information content (AvgIpc) is 2.37. The van der Waals surface area contributed by atoms with Gasteiger partial charge in [0.15, 0.2) is 0 Å². The molecule has 3 heteroatoms. The summed E-state index contributed by atoms with van der Waals surface area (Å²) in [6, 6.07) is 6.56. The van der Waals surface area contributed by atoms with Crippen molar-refractivity contribution in [2.24, 2.45) is 11.7 Å². The van der Waals surface area contributed by atoms with Gasteiger partial charge in [-0.25, -0.2) is 0 Å². The molecule has 0 aromatic heterocycles. The van der Waals surface area contributed by atoms with Crippen LogP contribution in [0.25, 0.3) is 0 Å². The summed E-state index contributed by atoms with van der Waals surface area (Å²) in [6.45, 7) is 6.80. The third kappa shape index (κ3) is 2.49. The first-order chi connectivity index (χ1) is 9.17. The zero-order valence-corrected chi connectivity index (χ0v) is 12.2. The van der Waals surface area contributed by atoms with Crippen molar-refractivity contribution >= 4 is 0 Å². The number of hydrogen-bond donors (Lipinski definition) is 1. The molecule has 1 aliphatic heterocycles. The lowest BCUT2D eigenvalue weighted by Gasteiger charge is -2.47. The Kier molecular flexibility index (Phi) is 4.48. The molecule has 0 saturated carbocycles. The van der Waals surface area contributed by atoms with Crippen molar-refractivity contribution in [3.63, 3.8) is 0 Å². The lowest BCUT2D eigenvalue weighted by molar-refractivity contribution is -0.0883. The Bertz CT molecular complexity index is 427. The van der Waals surface area contributed by atoms with E-state index in [-0.39, 0.29) is 5.41 Å². The maximum Gasteiger partial charge on any atom is 0.122 e. The van der Waals surface area contributed by atoms with Crippen LogP contribution in [0.2, 0.25) is 0 Å². The molecule has 2 N–H and O–H groups in total. The molecule has 1 saturated heterocycles. The molecule has 2 rings (SSSR count). The first-order valence-corrected chi connectivity index (χ1v) is 7.13. The highest BCUT2D eigenvalue weighted by molar-refractivity contribution is 5.41. The highest BCUT2D eigenvalue weighted by Crippen LogP contribution is 2.42. The Morgan fingerprint density at radius 2 is 2.16 bits per heavy atom. The van der Waals surface area contributed by atoms with Crippen molar-refractivity contribution in [2.75, 3.05) is 26.9 Å². The van der Waals surface area contributed by atoms with Crippen LogP contribution in [0.5, 0.6) is 5.75 Å². The van der Waals surface area contributed by atoms with Crippen LogP contribution >= 0.6 is 0 Å². The summed E-state index contributed by atoms with van der Waals surface area (Å²) in [7, 11) is 1.73. The van der Waals surface area contributed by atoms with E-state index in [0.717, 1.165) is 38.3 Å². The number of hydrogen-bond acceptors (Lipinski definition) is 3. The monoisotopic (exact) mass is 263 g/mol. The molecular weight excluding hydrogens is 238 g/mol. The van der Waals surface area contributed by atoms with Crippen LogP contribution in [0.3, 0.4) is 0 Å². The predicted octanol–water partition coefficient (Wildman–Crippen LogP) is 2.51. The van der Waals surface area contributed by atoms with E-state index >= 15 is 0 Å². The Labute approximate surface area is 116 Å². The third-order valence-corrected chi connectivity index (χ3v) is 4.50. The van der Waals surface area contributed by atoms with Gasteiger partial charge in [-0.2, -0.15) is 0 Å². The summed E-state index contributed by atoms with van der Waals surface area (Å²) >= 11 is 0. The number of aryl methyl sites for hydroxylation is 1. The van der Waals surface area contributed by atoms with Crippen molar-refractivity contribution in [3.05, 3.63) is 29.3 Å². The van der Waals surface area contributed by atoms with Gasteiger partial charge in [-0.15, -0.1) is 0 Å². The Hall–Kier alpha value is -1.06. The summed E-state index contributed by atoms with van der Waals surface area (Å²) in [6.07, 6.45) is 2.02. The molecule has 0 radical (unpaired) electrons. The fourth-order valence-electron chi connectivity index (χ4n) is 2.95. The van der Waals surface area contributed by atoms with Gasteiger partial charge in [0, 0.05) is 5.41 Å². The second-order valence-electron chi connectivity index (χ2n) is 5.51. The van der Waals surface area contributed by atoms with E-state index < -0.39 is 0 Å². The van der Waals surface area contributed by atoms with Gasteiger partial charge in [0.1, 0.15) is 5.75 Å². The van der Waals surface area contributed by atoms with Gasteiger partial charge >= 0.3 is 0 Å². The fourth-order valence-corrected chi connectivity index (χ4v) is 2.95. The van der Waals surface area contributed by atoms with Crippen LogP contribution in [0.4, 0.5) is 0 Å². The Balaban J connectivity index is 2.33. The lowest BCUT2D eigenvalue weighted by Crippen LogP contribution is -2.52. The minimum atomic E-state index is 0.148. The van der Waals surface area contributed by atoms with E-state index in [1.807, 2.05) is 0 Å². The van der Waals surface area contributed by atoms with Gasteiger partial charge < -0.3 is 15.2 Å². The van der Waals surface area contributed by atoms with Crippen LogP contribution < -0.4 is 10.5 Å². The molecule has 1 aliphatic rings. The topological polar surface area (TPSA) is 44.5 Å². The second-order valence-corrected chi connectivity index (χ2v) is 5.51. The smallest absolute Gasteiger partial charge is 0.122 e. The molecule has 1 unspecified atom stereocenters. The number of benzene rings is 1. The minimum absolute atomic E-state index is 0.148. The molecule has 1 fully saturated rings. The molecule has 3 nitrogen and oxygen atoms in total. The molecule has 1 aromatic carbocycles. The first-order valence-electron chi connectivity index (χ1n) is 7.13. The molecular formula is C16H25NO2. The standard InChI is InChI=1S/C16H25NO2/c1-4-13-9-14(5-6-15(13)18-3)16(10-19-11-16)12(2)7-8-17/h5-6,9,12H,4,7-8,10-11,17H2,1-3H3. The quantitative estimate of drug-likeness (QED) is 0.857. The van der Waals surface area contributed by atoms with Crippen LogP contribution in [0, 0.1) is 5.92 Å². The summed E-state index contributed by atoms with van der Waals surface area (Å²) in [5, 5.41) is 0. The van der Waals surface area contributed by atoms with E-state index in [2.05, 4.69) is 32.0 Å². The van der Waals surface area contributed by atoms with E-state index in [1.54, 1.807) is 7.11 Å². The molecule has 0 bridgehead atoms. The summed E-state index contributed by atoms with van der Waals surface area (Å²) < 4.78 is 10.9. The third-order valence-electron chi connectivity index (χ3n) is 4.50. The maximum absolute atomic E-state index is 5.72. The number of rotatable bonds is 6. The van der Waals surface area contributed by atoms with E-state index in [1.165, 1.54) is 11.1 Å². The molecule has 1 atom stereocenters. The number of methoxy groups -OCH3 is 1. The summed E-state index contributed by atoms with van der Waals surface area (Å²) in [5.41, 5.74) is 8.51. The van der Waals surface area contributed by atoms with Gasteiger partial charge in [-0.1, -0.05) is 26.0 Å². The molecule has 0 amide bonds. The van der Waals surface area contributed by atoms with Gasteiger partial charge in [-0.3, -0.25) is 0 Å². The molecule has 0 spiro atoms. The number of nitrogens with two attached hydrogens (primary N) is 1. The molecule has 1 aromatic rings. The van der Waals surface area contributed by atoms with Crippen LogP contribution in [0.15, 0.2) is 18.2 Å². The van der Waals surface area contributed by atoms with Crippen molar-refractivity contribution in [2.45, 2.75) is 32.1 Å². The predicted molar refractivity (Wildman–Crippen MR) is 77.7 cm³/mol. The lowest BCUT2D eigenvalue weighted by atomic mass is 9.68. The zero-order valence-electron chi connectivity index (χ0n) is 12.2.